The lowest BCUT2D eigenvalue weighted by Gasteiger charge is -2.05. The monoisotopic (exact) mass is 307 g/mol. The third-order valence-corrected chi connectivity index (χ3v) is 5.26. The van der Waals surface area contributed by atoms with Crippen LogP contribution in [0.4, 0.5) is 5.13 Å². The lowest BCUT2D eigenvalue weighted by molar-refractivity contribution is 0.129. The van der Waals surface area contributed by atoms with E-state index in [1.54, 1.807) is 23.1 Å². The molecule has 1 aliphatic heterocycles. The van der Waals surface area contributed by atoms with Crippen molar-refractivity contribution in [2.24, 2.45) is 0 Å². The van der Waals surface area contributed by atoms with Crippen LogP contribution in [0, 0.1) is 0 Å². The molecule has 1 atom stereocenters. The molecule has 3 rings (SSSR count). The maximum atomic E-state index is 5.61. The zero-order chi connectivity index (χ0) is 13.6. The Bertz CT molecular complexity index is 526. The maximum Gasteiger partial charge on any atom is 0.206 e. The van der Waals surface area contributed by atoms with Crippen LogP contribution in [0.2, 0.25) is 0 Å². The lowest BCUT2D eigenvalue weighted by Crippen LogP contribution is -2.07. The van der Waals surface area contributed by atoms with Gasteiger partial charge in [0, 0.05) is 18.9 Å². The van der Waals surface area contributed by atoms with E-state index in [1.165, 1.54) is 18.4 Å². The smallest absolute Gasteiger partial charge is 0.206 e. The number of benzene rings is 1. The molecule has 0 saturated carbocycles. The number of ether oxygens (including phenoxy) is 1. The van der Waals surface area contributed by atoms with Crippen molar-refractivity contribution in [3.63, 3.8) is 0 Å². The number of aromatic nitrogens is 2. The summed E-state index contributed by atoms with van der Waals surface area (Å²) in [6, 6.07) is 10.3. The van der Waals surface area contributed by atoms with Crippen LogP contribution in [-0.2, 0) is 11.3 Å². The average Bonchev–Trinajstić information content (AvgIpc) is 3.16. The number of hydrogen-bond acceptors (Lipinski definition) is 6. The van der Waals surface area contributed by atoms with E-state index >= 15 is 0 Å². The Morgan fingerprint density at radius 3 is 3.00 bits per heavy atom. The van der Waals surface area contributed by atoms with Crippen molar-refractivity contribution in [1.82, 2.24) is 10.2 Å². The highest BCUT2D eigenvalue weighted by Gasteiger charge is 2.16. The van der Waals surface area contributed by atoms with Crippen LogP contribution < -0.4 is 5.32 Å². The van der Waals surface area contributed by atoms with Gasteiger partial charge >= 0.3 is 0 Å². The SMILES string of the molecule is c1ccc(CNc2nnc(SCC3CCCO3)s2)cc1. The first-order valence-electron chi connectivity index (χ1n) is 6.76. The summed E-state index contributed by atoms with van der Waals surface area (Å²) < 4.78 is 6.62. The van der Waals surface area contributed by atoms with E-state index in [-0.39, 0.29) is 0 Å². The molecule has 106 valence electrons. The summed E-state index contributed by atoms with van der Waals surface area (Å²) >= 11 is 3.35. The van der Waals surface area contributed by atoms with Gasteiger partial charge in [-0.1, -0.05) is 53.4 Å². The number of anilines is 1. The van der Waals surface area contributed by atoms with Crippen LogP contribution in [0.1, 0.15) is 18.4 Å². The van der Waals surface area contributed by atoms with Crippen molar-refractivity contribution in [3.05, 3.63) is 35.9 Å². The predicted octanol–water partition coefficient (Wildman–Crippen LogP) is 3.42. The second-order valence-electron chi connectivity index (χ2n) is 4.66. The minimum atomic E-state index is 0.393. The fourth-order valence-corrected chi connectivity index (χ4v) is 3.89. The molecule has 20 heavy (non-hydrogen) atoms. The number of hydrogen-bond donors (Lipinski definition) is 1. The van der Waals surface area contributed by atoms with E-state index in [0.29, 0.717) is 6.10 Å². The molecule has 1 aliphatic rings. The summed E-state index contributed by atoms with van der Waals surface area (Å²) in [5.74, 6) is 0.979. The van der Waals surface area contributed by atoms with Gasteiger partial charge < -0.3 is 10.1 Å². The zero-order valence-corrected chi connectivity index (χ0v) is 12.8. The van der Waals surface area contributed by atoms with Crippen LogP contribution in [0.15, 0.2) is 34.7 Å². The van der Waals surface area contributed by atoms with Crippen molar-refractivity contribution in [1.29, 1.82) is 0 Å². The second kappa shape index (κ2) is 7.06. The Balaban J connectivity index is 1.46. The van der Waals surface area contributed by atoms with E-state index < -0.39 is 0 Å². The van der Waals surface area contributed by atoms with E-state index in [9.17, 15) is 0 Å². The second-order valence-corrected chi connectivity index (χ2v) is 6.90. The molecule has 1 fully saturated rings. The van der Waals surface area contributed by atoms with Gasteiger partial charge in [-0.3, -0.25) is 0 Å². The first-order valence-corrected chi connectivity index (χ1v) is 8.56. The Kier molecular flexibility index (Phi) is 4.89. The number of rotatable bonds is 6. The van der Waals surface area contributed by atoms with Gasteiger partial charge in [0.05, 0.1) is 6.10 Å². The van der Waals surface area contributed by atoms with Gasteiger partial charge in [-0.25, -0.2) is 0 Å². The van der Waals surface area contributed by atoms with Crippen molar-refractivity contribution >= 4 is 28.2 Å². The fraction of sp³-hybridized carbons (Fsp3) is 0.429. The number of nitrogens with zero attached hydrogens (tertiary/aromatic N) is 2. The largest absolute Gasteiger partial charge is 0.377 e. The molecule has 1 N–H and O–H groups in total. The molecule has 0 aliphatic carbocycles. The van der Waals surface area contributed by atoms with E-state index in [4.69, 9.17) is 4.74 Å². The van der Waals surface area contributed by atoms with E-state index in [1.807, 2.05) is 18.2 Å². The molecule has 1 aromatic carbocycles. The summed E-state index contributed by atoms with van der Waals surface area (Å²) in [7, 11) is 0. The highest BCUT2D eigenvalue weighted by Crippen LogP contribution is 2.28. The van der Waals surface area contributed by atoms with E-state index in [2.05, 4.69) is 27.6 Å². The van der Waals surface area contributed by atoms with Crippen molar-refractivity contribution in [2.75, 3.05) is 17.7 Å². The summed E-state index contributed by atoms with van der Waals surface area (Å²) in [5, 5.41) is 12.6. The van der Waals surface area contributed by atoms with Crippen LogP contribution in [0.3, 0.4) is 0 Å². The Labute approximate surface area is 127 Å². The average molecular weight is 307 g/mol. The molecule has 1 saturated heterocycles. The first kappa shape index (κ1) is 13.9. The fourth-order valence-electron chi connectivity index (χ4n) is 2.05. The summed E-state index contributed by atoms with van der Waals surface area (Å²) in [4.78, 5) is 0. The first-order chi connectivity index (χ1) is 9.90. The maximum absolute atomic E-state index is 5.61. The molecule has 0 radical (unpaired) electrons. The van der Waals surface area contributed by atoms with Crippen LogP contribution in [0.25, 0.3) is 0 Å². The number of thioether (sulfide) groups is 1. The molecule has 1 unspecified atom stereocenters. The van der Waals surface area contributed by atoms with Gasteiger partial charge in [-0.2, -0.15) is 0 Å². The molecule has 0 bridgehead atoms. The third-order valence-electron chi connectivity index (χ3n) is 3.11. The van der Waals surface area contributed by atoms with Gasteiger partial charge in [0.15, 0.2) is 4.34 Å². The molecule has 2 aromatic rings. The van der Waals surface area contributed by atoms with Crippen LogP contribution in [-0.4, -0.2) is 28.7 Å². The van der Waals surface area contributed by atoms with Crippen LogP contribution >= 0.6 is 23.1 Å². The Morgan fingerprint density at radius 2 is 2.20 bits per heavy atom. The van der Waals surface area contributed by atoms with Gasteiger partial charge in [-0.15, -0.1) is 10.2 Å². The highest BCUT2D eigenvalue weighted by atomic mass is 32.2. The lowest BCUT2D eigenvalue weighted by atomic mass is 10.2. The van der Waals surface area contributed by atoms with Gasteiger partial charge in [-0.05, 0) is 18.4 Å². The predicted molar refractivity (Wildman–Crippen MR) is 83.4 cm³/mol. The Hall–Kier alpha value is -1.11. The Morgan fingerprint density at radius 1 is 1.30 bits per heavy atom. The van der Waals surface area contributed by atoms with E-state index in [0.717, 1.165) is 28.4 Å². The third kappa shape index (κ3) is 3.94. The quantitative estimate of drug-likeness (QED) is 0.829. The normalized spacial score (nSPS) is 18.3. The van der Waals surface area contributed by atoms with Gasteiger partial charge in [0.1, 0.15) is 0 Å². The van der Waals surface area contributed by atoms with Gasteiger partial charge in [0.25, 0.3) is 0 Å². The highest BCUT2D eigenvalue weighted by molar-refractivity contribution is 8.01. The molecular formula is C14H17N3OS2. The zero-order valence-electron chi connectivity index (χ0n) is 11.1. The standard InChI is InChI=1S/C14H17N3OS2/c1-2-5-11(6-3-1)9-15-13-16-17-14(20-13)19-10-12-7-4-8-18-12/h1-3,5-6,12H,4,7-10H2,(H,15,16). The minimum Gasteiger partial charge on any atom is -0.377 e. The molecule has 0 amide bonds. The van der Waals surface area contributed by atoms with Crippen LogP contribution in [0.5, 0.6) is 0 Å². The molecule has 0 spiro atoms. The molecule has 6 heteroatoms. The molecule has 2 heterocycles. The summed E-state index contributed by atoms with van der Waals surface area (Å²) in [5.41, 5.74) is 1.25. The molecule has 1 aromatic heterocycles. The van der Waals surface area contributed by atoms with Crippen molar-refractivity contribution in [2.45, 2.75) is 29.8 Å². The topological polar surface area (TPSA) is 47.0 Å². The van der Waals surface area contributed by atoms with Crippen molar-refractivity contribution in [3.8, 4) is 0 Å². The van der Waals surface area contributed by atoms with Gasteiger partial charge in [0.2, 0.25) is 5.13 Å². The summed E-state index contributed by atoms with van der Waals surface area (Å²) in [6.45, 7) is 1.69. The minimum absolute atomic E-state index is 0.393. The molecule has 4 nitrogen and oxygen atoms in total. The summed E-state index contributed by atoms with van der Waals surface area (Å²) in [6.07, 6.45) is 2.75. The van der Waals surface area contributed by atoms with Crippen molar-refractivity contribution < 1.29 is 4.74 Å². The molecular weight excluding hydrogens is 290 g/mol. The number of nitrogens with one attached hydrogen (secondary N) is 1.